The van der Waals surface area contributed by atoms with Crippen LogP contribution in [-0.2, 0) is 6.61 Å². The molecule has 0 saturated heterocycles. The van der Waals surface area contributed by atoms with Crippen LogP contribution in [0.1, 0.15) is 5.56 Å². The summed E-state index contributed by atoms with van der Waals surface area (Å²) in [7, 11) is 3.09. The minimum atomic E-state index is -0.353. The monoisotopic (exact) mass is 340 g/mol. The van der Waals surface area contributed by atoms with Crippen molar-refractivity contribution in [2.45, 2.75) is 6.61 Å². The van der Waals surface area contributed by atoms with Gasteiger partial charge in [-0.15, -0.1) is 0 Å². The zero-order valence-corrected chi connectivity index (χ0v) is 12.7. The summed E-state index contributed by atoms with van der Waals surface area (Å²) in [5.41, 5.74) is 0.466. The van der Waals surface area contributed by atoms with Gasteiger partial charge in [0.1, 0.15) is 29.7 Å². The lowest BCUT2D eigenvalue weighted by Gasteiger charge is -2.10. The summed E-state index contributed by atoms with van der Waals surface area (Å²) in [6.45, 7) is 0.140. The molecule has 0 aliphatic rings. The zero-order chi connectivity index (χ0) is 14.5. The molecule has 20 heavy (non-hydrogen) atoms. The fourth-order valence-electron chi connectivity index (χ4n) is 1.65. The number of benzene rings is 2. The molecule has 0 radical (unpaired) electrons. The Kier molecular flexibility index (Phi) is 4.84. The lowest BCUT2D eigenvalue weighted by Crippen LogP contribution is -1.99. The predicted octanol–water partition coefficient (Wildman–Crippen LogP) is 4.18. The van der Waals surface area contributed by atoms with Gasteiger partial charge in [-0.1, -0.05) is 0 Å². The standard InChI is InChI=1S/C15H14BrFO3/c1-18-11-5-6-15(13(16)7-11)20-9-10-3-4-12(19-2)8-14(10)17/h3-8H,9H2,1-2H3. The average Bonchev–Trinajstić information content (AvgIpc) is 2.46. The van der Waals surface area contributed by atoms with Crippen LogP contribution in [0, 0.1) is 5.82 Å². The maximum Gasteiger partial charge on any atom is 0.134 e. The molecule has 0 heterocycles. The molecule has 0 N–H and O–H groups in total. The van der Waals surface area contributed by atoms with Gasteiger partial charge in [0.25, 0.3) is 0 Å². The summed E-state index contributed by atoms with van der Waals surface area (Å²) in [4.78, 5) is 0. The second kappa shape index (κ2) is 6.61. The molecule has 2 aromatic rings. The van der Waals surface area contributed by atoms with Crippen LogP contribution < -0.4 is 14.2 Å². The Bertz CT molecular complexity index is 548. The highest BCUT2D eigenvalue weighted by molar-refractivity contribution is 9.10. The van der Waals surface area contributed by atoms with E-state index in [1.807, 2.05) is 0 Å². The van der Waals surface area contributed by atoms with Crippen LogP contribution in [-0.4, -0.2) is 14.2 Å². The third-order valence-corrected chi connectivity index (χ3v) is 3.40. The van der Waals surface area contributed by atoms with E-state index in [0.717, 1.165) is 10.2 Å². The largest absolute Gasteiger partial charge is 0.497 e. The number of ether oxygens (including phenoxy) is 3. The Morgan fingerprint density at radius 3 is 2.25 bits per heavy atom. The predicted molar refractivity (Wildman–Crippen MR) is 78.0 cm³/mol. The van der Waals surface area contributed by atoms with Crippen molar-refractivity contribution in [3.05, 3.63) is 52.3 Å². The van der Waals surface area contributed by atoms with Crippen molar-refractivity contribution < 1.29 is 18.6 Å². The van der Waals surface area contributed by atoms with Crippen molar-refractivity contribution >= 4 is 15.9 Å². The first-order valence-electron chi connectivity index (χ1n) is 5.93. The summed E-state index contributed by atoms with van der Waals surface area (Å²) in [5.74, 6) is 1.48. The topological polar surface area (TPSA) is 27.7 Å². The van der Waals surface area contributed by atoms with E-state index < -0.39 is 0 Å². The van der Waals surface area contributed by atoms with Crippen LogP contribution in [0.4, 0.5) is 4.39 Å². The fourth-order valence-corrected chi connectivity index (χ4v) is 2.13. The van der Waals surface area contributed by atoms with Crippen LogP contribution in [0.5, 0.6) is 17.2 Å². The maximum atomic E-state index is 13.8. The summed E-state index contributed by atoms with van der Waals surface area (Å²) in [6.07, 6.45) is 0. The zero-order valence-electron chi connectivity index (χ0n) is 11.2. The number of hydrogen-bond donors (Lipinski definition) is 0. The molecule has 3 nitrogen and oxygen atoms in total. The van der Waals surface area contributed by atoms with Crippen molar-refractivity contribution in [2.75, 3.05) is 14.2 Å². The Morgan fingerprint density at radius 1 is 1.00 bits per heavy atom. The van der Waals surface area contributed by atoms with Gasteiger partial charge < -0.3 is 14.2 Å². The van der Waals surface area contributed by atoms with Crippen LogP contribution in [0.2, 0.25) is 0 Å². The highest BCUT2D eigenvalue weighted by atomic mass is 79.9. The van der Waals surface area contributed by atoms with Crippen LogP contribution in [0.15, 0.2) is 40.9 Å². The van der Waals surface area contributed by atoms with E-state index in [4.69, 9.17) is 14.2 Å². The average molecular weight is 341 g/mol. The van der Waals surface area contributed by atoms with Gasteiger partial charge in [0, 0.05) is 11.6 Å². The lowest BCUT2D eigenvalue weighted by atomic mass is 10.2. The quantitative estimate of drug-likeness (QED) is 0.816. The van der Waals surface area contributed by atoms with E-state index in [-0.39, 0.29) is 12.4 Å². The van der Waals surface area contributed by atoms with E-state index in [0.29, 0.717) is 17.1 Å². The number of halogens is 2. The van der Waals surface area contributed by atoms with E-state index in [1.54, 1.807) is 37.4 Å². The van der Waals surface area contributed by atoms with Gasteiger partial charge in [-0.3, -0.25) is 0 Å². The molecule has 0 saturated carbocycles. The first kappa shape index (κ1) is 14.7. The molecule has 0 fully saturated rings. The van der Waals surface area contributed by atoms with Gasteiger partial charge in [-0.05, 0) is 46.3 Å². The Balaban J connectivity index is 2.09. The second-order valence-electron chi connectivity index (χ2n) is 4.04. The van der Waals surface area contributed by atoms with Crippen molar-refractivity contribution in [3.63, 3.8) is 0 Å². The first-order valence-corrected chi connectivity index (χ1v) is 6.72. The molecule has 0 bridgehead atoms. The molecule has 2 rings (SSSR count). The van der Waals surface area contributed by atoms with E-state index in [2.05, 4.69) is 15.9 Å². The Hall–Kier alpha value is -1.75. The molecule has 0 aromatic heterocycles. The highest BCUT2D eigenvalue weighted by Gasteiger charge is 2.07. The van der Waals surface area contributed by atoms with Gasteiger partial charge in [-0.25, -0.2) is 4.39 Å². The molecule has 0 unspecified atom stereocenters. The van der Waals surface area contributed by atoms with Crippen molar-refractivity contribution in [3.8, 4) is 17.2 Å². The van der Waals surface area contributed by atoms with Crippen molar-refractivity contribution in [2.24, 2.45) is 0 Å². The fraction of sp³-hybridized carbons (Fsp3) is 0.200. The molecule has 2 aromatic carbocycles. The van der Waals surface area contributed by atoms with Gasteiger partial charge >= 0.3 is 0 Å². The van der Waals surface area contributed by atoms with Gasteiger partial charge in [-0.2, -0.15) is 0 Å². The molecule has 0 aliphatic carbocycles. The van der Waals surface area contributed by atoms with E-state index >= 15 is 0 Å². The van der Waals surface area contributed by atoms with Gasteiger partial charge in [0.15, 0.2) is 0 Å². The maximum absolute atomic E-state index is 13.8. The van der Waals surface area contributed by atoms with Gasteiger partial charge in [0.2, 0.25) is 0 Å². The number of hydrogen-bond acceptors (Lipinski definition) is 3. The smallest absolute Gasteiger partial charge is 0.134 e. The third-order valence-electron chi connectivity index (χ3n) is 2.78. The highest BCUT2D eigenvalue weighted by Crippen LogP contribution is 2.30. The third kappa shape index (κ3) is 3.42. The van der Waals surface area contributed by atoms with Crippen molar-refractivity contribution in [1.29, 1.82) is 0 Å². The normalized spacial score (nSPS) is 10.2. The minimum absolute atomic E-state index is 0.140. The molecule has 106 valence electrons. The lowest BCUT2D eigenvalue weighted by molar-refractivity contribution is 0.296. The summed E-state index contributed by atoms with van der Waals surface area (Å²) in [6, 6.07) is 10.0. The molecular formula is C15H14BrFO3. The molecule has 5 heteroatoms. The van der Waals surface area contributed by atoms with Crippen LogP contribution >= 0.6 is 15.9 Å². The molecule has 0 aliphatic heterocycles. The van der Waals surface area contributed by atoms with E-state index in [9.17, 15) is 4.39 Å². The van der Waals surface area contributed by atoms with Crippen molar-refractivity contribution in [1.82, 2.24) is 0 Å². The minimum Gasteiger partial charge on any atom is -0.497 e. The first-order chi connectivity index (χ1) is 9.63. The summed E-state index contributed by atoms with van der Waals surface area (Å²) < 4.78 is 30.2. The Morgan fingerprint density at radius 2 is 1.65 bits per heavy atom. The summed E-state index contributed by atoms with van der Waals surface area (Å²) >= 11 is 3.38. The van der Waals surface area contributed by atoms with Crippen LogP contribution in [0.3, 0.4) is 0 Å². The Labute approximate surface area is 125 Å². The van der Waals surface area contributed by atoms with Gasteiger partial charge in [0.05, 0.1) is 18.7 Å². The number of rotatable bonds is 5. The number of methoxy groups -OCH3 is 2. The molecule has 0 spiro atoms. The molecule has 0 amide bonds. The second-order valence-corrected chi connectivity index (χ2v) is 4.90. The summed E-state index contributed by atoms with van der Waals surface area (Å²) in [5, 5.41) is 0. The van der Waals surface area contributed by atoms with Crippen LogP contribution in [0.25, 0.3) is 0 Å². The molecular weight excluding hydrogens is 327 g/mol. The SMILES string of the molecule is COc1ccc(COc2ccc(OC)cc2Br)c(F)c1. The van der Waals surface area contributed by atoms with E-state index in [1.165, 1.54) is 13.2 Å². The molecule has 0 atom stereocenters.